The number of benzene rings is 1. The van der Waals surface area contributed by atoms with E-state index in [1.807, 2.05) is 6.07 Å². The Morgan fingerprint density at radius 3 is 2.71 bits per heavy atom. The van der Waals surface area contributed by atoms with Gasteiger partial charge in [0.1, 0.15) is 11.7 Å². The van der Waals surface area contributed by atoms with E-state index >= 15 is 0 Å². The van der Waals surface area contributed by atoms with Crippen molar-refractivity contribution in [1.29, 1.82) is 5.41 Å². The number of fused-ring (bicyclic) bond motifs is 1. The highest BCUT2D eigenvalue weighted by molar-refractivity contribution is 7.20. The van der Waals surface area contributed by atoms with E-state index < -0.39 is 0 Å². The summed E-state index contributed by atoms with van der Waals surface area (Å²) < 4.78 is 14.0. The van der Waals surface area contributed by atoms with Gasteiger partial charge in [0.05, 0.1) is 4.88 Å². The molecule has 0 spiro atoms. The molecule has 1 aromatic carbocycles. The molecule has 0 aliphatic rings. The third kappa shape index (κ3) is 1.71. The topological polar surface area (TPSA) is 49.9 Å². The Hall–Kier alpha value is -1.13. The molecule has 1 aromatic heterocycles. The van der Waals surface area contributed by atoms with Gasteiger partial charge in [0, 0.05) is 10.1 Å². The van der Waals surface area contributed by atoms with Gasteiger partial charge in [-0.15, -0.1) is 23.7 Å². The fourth-order valence-corrected chi connectivity index (χ4v) is 2.09. The second-order valence-corrected chi connectivity index (χ2v) is 3.76. The van der Waals surface area contributed by atoms with Crippen molar-refractivity contribution in [3.63, 3.8) is 0 Å². The summed E-state index contributed by atoms with van der Waals surface area (Å²) in [4.78, 5) is 0.611. The number of rotatable bonds is 1. The molecule has 2 nitrogen and oxygen atoms in total. The molecule has 0 radical (unpaired) electrons. The summed E-state index contributed by atoms with van der Waals surface area (Å²) in [6, 6.07) is 6.48. The molecule has 0 saturated heterocycles. The van der Waals surface area contributed by atoms with Crippen LogP contribution in [0.25, 0.3) is 10.1 Å². The average Bonchev–Trinajstić information content (AvgIpc) is 2.49. The van der Waals surface area contributed by atoms with Crippen LogP contribution in [0.3, 0.4) is 0 Å². The number of hydrogen-bond donors (Lipinski definition) is 2. The number of nitrogen functional groups attached to an aromatic ring is 1. The lowest BCUT2D eigenvalue weighted by atomic mass is 10.2. The van der Waals surface area contributed by atoms with Crippen LogP contribution in [-0.2, 0) is 0 Å². The van der Waals surface area contributed by atoms with E-state index in [9.17, 15) is 4.39 Å². The van der Waals surface area contributed by atoms with Crippen molar-refractivity contribution in [2.24, 2.45) is 5.73 Å². The first-order valence-corrected chi connectivity index (χ1v) is 4.52. The molecule has 2 rings (SSSR count). The lowest BCUT2D eigenvalue weighted by Gasteiger charge is -1.88. The van der Waals surface area contributed by atoms with Crippen LogP contribution >= 0.6 is 23.7 Å². The number of nitrogens with two attached hydrogens (primary N) is 1. The lowest BCUT2D eigenvalue weighted by molar-refractivity contribution is 0.640. The predicted molar refractivity (Wildman–Crippen MR) is 60.0 cm³/mol. The number of nitrogens with one attached hydrogen (secondary N) is 1. The monoisotopic (exact) mass is 230 g/mol. The summed E-state index contributed by atoms with van der Waals surface area (Å²) in [6.07, 6.45) is 0. The van der Waals surface area contributed by atoms with Crippen LogP contribution in [0.5, 0.6) is 0 Å². The minimum atomic E-state index is -0.263. The summed E-state index contributed by atoms with van der Waals surface area (Å²) in [7, 11) is 0. The van der Waals surface area contributed by atoms with Crippen LogP contribution in [0.1, 0.15) is 4.88 Å². The largest absolute Gasteiger partial charge is 0.383 e. The predicted octanol–water partition coefficient (Wildman–Crippen LogP) is 2.75. The summed E-state index contributed by atoms with van der Waals surface area (Å²) in [5, 5.41) is 7.74. The highest BCUT2D eigenvalue weighted by Crippen LogP contribution is 2.26. The quantitative estimate of drug-likeness (QED) is 0.575. The Bertz CT molecular complexity index is 481. The number of hydrogen-bond acceptors (Lipinski definition) is 2. The summed E-state index contributed by atoms with van der Waals surface area (Å²) >= 11 is 1.33. The molecule has 1 heterocycles. The first kappa shape index (κ1) is 10.9. The van der Waals surface area contributed by atoms with Crippen LogP contribution < -0.4 is 5.73 Å². The zero-order chi connectivity index (χ0) is 9.42. The molecule has 5 heteroatoms. The summed E-state index contributed by atoms with van der Waals surface area (Å²) in [5.41, 5.74) is 5.30. The molecule has 3 N–H and O–H groups in total. The molecular formula is C9H8ClFN2S. The van der Waals surface area contributed by atoms with Crippen molar-refractivity contribution in [1.82, 2.24) is 0 Å². The summed E-state index contributed by atoms with van der Waals surface area (Å²) in [6.45, 7) is 0. The maximum atomic E-state index is 13.2. The van der Waals surface area contributed by atoms with Crippen LogP contribution in [0.4, 0.5) is 4.39 Å². The van der Waals surface area contributed by atoms with Crippen LogP contribution in [0.15, 0.2) is 24.3 Å². The van der Waals surface area contributed by atoms with Crippen molar-refractivity contribution in [2.75, 3.05) is 0 Å². The van der Waals surface area contributed by atoms with E-state index in [4.69, 9.17) is 11.1 Å². The molecule has 2 aromatic rings. The van der Waals surface area contributed by atoms with E-state index in [1.165, 1.54) is 17.4 Å². The second-order valence-electron chi connectivity index (χ2n) is 2.68. The molecular weight excluding hydrogens is 223 g/mol. The summed E-state index contributed by atoms with van der Waals surface area (Å²) in [5.74, 6) is -0.276. The van der Waals surface area contributed by atoms with Gasteiger partial charge < -0.3 is 5.73 Å². The highest BCUT2D eigenvalue weighted by atomic mass is 35.5. The van der Waals surface area contributed by atoms with Gasteiger partial charge in [0.25, 0.3) is 0 Å². The normalized spacial score (nSPS) is 9.79. The first-order chi connectivity index (χ1) is 6.18. The Kier molecular flexibility index (Phi) is 3.08. The van der Waals surface area contributed by atoms with E-state index in [1.54, 1.807) is 12.1 Å². The van der Waals surface area contributed by atoms with Crippen molar-refractivity contribution in [3.05, 3.63) is 35.0 Å². The Morgan fingerprint density at radius 2 is 2.14 bits per heavy atom. The molecule has 0 aliphatic heterocycles. The third-order valence-electron chi connectivity index (χ3n) is 1.77. The van der Waals surface area contributed by atoms with Gasteiger partial charge in [-0.25, -0.2) is 4.39 Å². The maximum absolute atomic E-state index is 13.2. The van der Waals surface area contributed by atoms with Crippen LogP contribution in [0, 0.1) is 11.2 Å². The molecule has 74 valence electrons. The van der Waals surface area contributed by atoms with Crippen molar-refractivity contribution < 1.29 is 4.39 Å². The molecule has 14 heavy (non-hydrogen) atoms. The van der Waals surface area contributed by atoms with Crippen molar-refractivity contribution >= 4 is 39.7 Å². The van der Waals surface area contributed by atoms with Gasteiger partial charge in [-0.1, -0.05) is 6.07 Å². The van der Waals surface area contributed by atoms with Gasteiger partial charge >= 0.3 is 0 Å². The van der Waals surface area contributed by atoms with E-state index in [0.29, 0.717) is 10.3 Å². The van der Waals surface area contributed by atoms with Gasteiger partial charge in [-0.05, 0) is 18.2 Å². The zero-order valence-corrected chi connectivity index (χ0v) is 8.71. The molecule has 0 unspecified atom stereocenters. The highest BCUT2D eigenvalue weighted by Gasteiger charge is 2.06. The van der Waals surface area contributed by atoms with Crippen molar-refractivity contribution in [3.8, 4) is 0 Å². The van der Waals surface area contributed by atoms with Crippen LogP contribution in [-0.4, -0.2) is 5.84 Å². The van der Waals surface area contributed by atoms with E-state index in [2.05, 4.69) is 0 Å². The fraction of sp³-hybridized carbons (Fsp3) is 0. The Morgan fingerprint density at radius 1 is 1.43 bits per heavy atom. The minimum Gasteiger partial charge on any atom is -0.383 e. The van der Waals surface area contributed by atoms with Crippen LogP contribution in [0.2, 0.25) is 0 Å². The fourth-order valence-electron chi connectivity index (χ4n) is 1.16. The number of thiophene rings is 1. The molecule has 0 atom stereocenters. The van der Waals surface area contributed by atoms with E-state index in [-0.39, 0.29) is 24.1 Å². The Balaban J connectivity index is 0.000000980. The SMILES string of the molecule is Cl.N=C(N)c1cc2c(F)cccc2s1. The second kappa shape index (κ2) is 3.94. The van der Waals surface area contributed by atoms with Gasteiger partial charge in [0.2, 0.25) is 0 Å². The standard InChI is InChI=1S/C9H7FN2S.ClH/c10-6-2-1-3-7-5(6)4-8(13-7)9(11)12;/h1-4H,(H3,11,12);1H. The number of amidine groups is 1. The smallest absolute Gasteiger partial charge is 0.133 e. The first-order valence-electron chi connectivity index (χ1n) is 3.71. The zero-order valence-electron chi connectivity index (χ0n) is 7.08. The number of halogens is 2. The molecule has 0 amide bonds. The van der Waals surface area contributed by atoms with Gasteiger partial charge in [-0.3, -0.25) is 5.41 Å². The minimum absolute atomic E-state index is 0. The average molecular weight is 231 g/mol. The Labute approximate surface area is 90.5 Å². The third-order valence-corrected chi connectivity index (χ3v) is 2.91. The van der Waals surface area contributed by atoms with Gasteiger partial charge in [-0.2, -0.15) is 0 Å². The lowest BCUT2D eigenvalue weighted by Crippen LogP contribution is -2.08. The maximum Gasteiger partial charge on any atom is 0.133 e. The molecule has 0 fully saturated rings. The van der Waals surface area contributed by atoms with Gasteiger partial charge in [0.15, 0.2) is 0 Å². The molecule has 0 saturated carbocycles. The molecule has 0 aliphatic carbocycles. The van der Waals surface area contributed by atoms with Crippen molar-refractivity contribution in [2.45, 2.75) is 0 Å². The molecule has 0 bridgehead atoms. The van der Waals surface area contributed by atoms with E-state index in [0.717, 1.165) is 4.70 Å².